The highest BCUT2D eigenvalue weighted by Crippen LogP contribution is 2.10. The molecule has 1 fully saturated rings. The van der Waals surface area contributed by atoms with Crippen LogP contribution in [-0.4, -0.2) is 41.0 Å². The van der Waals surface area contributed by atoms with E-state index < -0.39 is 0 Å². The van der Waals surface area contributed by atoms with Gasteiger partial charge in [-0.25, -0.2) is 4.98 Å². The standard InChI is InChI=1S/C14H24N4O/c1-11(2)14-16-12(10-13(19)17-14)15-6-9-18-7-4-3-5-8-18/h10-11H,3-9H2,1-2H3,(H2,15,16,17,19). The highest BCUT2D eigenvalue weighted by atomic mass is 16.1. The first-order chi connectivity index (χ1) is 9.15. The molecule has 0 spiro atoms. The maximum absolute atomic E-state index is 11.5. The molecule has 2 rings (SSSR count). The second-order valence-electron chi connectivity index (χ2n) is 5.50. The van der Waals surface area contributed by atoms with Gasteiger partial charge in [0.15, 0.2) is 0 Å². The first-order valence-corrected chi connectivity index (χ1v) is 7.22. The van der Waals surface area contributed by atoms with Gasteiger partial charge in [0, 0.05) is 25.1 Å². The molecule has 1 aliphatic rings. The Hall–Kier alpha value is -1.36. The lowest BCUT2D eigenvalue weighted by Crippen LogP contribution is -2.34. The van der Waals surface area contributed by atoms with E-state index in [9.17, 15) is 4.79 Å². The largest absolute Gasteiger partial charge is 0.369 e. The average Bonchev–Trinajstić information content (AvgIpc) is 2.39. The highest BCUT2D eigenvalue weighted by molar-refractivity contribution is 5.33. The van der Waals surface area contributed by atoms with Crippen LogP contribution in [0.5, 0.6) is 0 Å². The third kappa shape index (κ3) is 4.35. The van der Waals surface area contributed by atoms with Gasteiger partial charge >= 0.3 is 0 Å². The van der Waals surface area contributed by atoms with Crippen LogP contribution in [0.3, 0.4) is 0 Å². The fourth-order valence-corrected chi connectivity index (χ4v) is 2.37. The first kappa shape index (κ1) is 14.1. The number of H-pyrrole nitrogens is 1. The van der Waals surface area contributed by atoms with E-state index in [1.165, 1.54) is 38.4 Å². The van der Waals surface area contributed by atoms with Gasteiger partial charge in [0.25, 0.3) is 5.56 Å². The summed E-state index contributed by atoms with van der Waals surface area (Å²) in [5.41, 5.74) is -0.0841. The van der Waals surface area contributed by atoms with Crippen molar-refractivity contribution in [2.24, 2.45) is 0 Å². The van der Waals surface area contributed by atoms with Gasteiger partial charge in [-0.05, 0) is 25.9 Å². The van der Waals surface area contributed by atoms with Crippen molar-refractivity contribution in [3.63, 3.8) is 0 Å². The van der Waals surface area contributed by atoms with E-state index in [2.05, 4.69) is 20.2 Å². The Balaban J connectivity index is 1.86. The zero-order valence-corrected chi connectivity index (χ0v) is 11.9. The van der Waals surface area contributed by atoms with E-state index in [0.717, 1.165) is 18.9 Å². The number of likely N-dealkylation sites (tertiary alicyclic amines) is 1. The molecule has 2 N–H and O–H groups in total. The predicted octanol–water partition coefficient (Wildman–Crippen LogP) is 1.79. The summed E-state index contributed by atoms with van der Waals surface area (Å²) in [5.74, 6) is 1.66. The maximum atomic E-state index is 11.5. The Morgan fingerprint density at radius 1 is 1.37 bits per heavy atom. The SMILES string of the molecule is CC(C)c1nc(NCCN2CCCCC2)cc(=O)[nH]1. The minimum atomic E-state index is -0.0841. The molecular formula is C14H24N4O. The van der Waals surface area contributed by atoms with Crippen LogP contribution in [-0.2, 0) is 0 Å². The molecule has 106 valence electrons. The van der Waals surface area contributed by atoms with Crippen LogP contribution < -0.4 is 10.9 Å². The van der Waals surface area contributed by atoms with E-state index in [0.29, 0.717) is 5.82 Å². The van der Waals surface area contributed by atoms with Gasteiger partial charge in [-0.3, -0.25) is 4.79 Å². The zero-order chi connectivity index (χ0) is 13.7. The molecule has 0 atom stereocenters. The zero-order valence-electron chi connectivity index (χ0n) is 11.9. The van der Waals surface area contributed by atoms with Crippen LogP contribution in [0.1, 0.15) is 44.9 Å². The summed E-state index contributed by atoms with van der Waals surface area (Å²) in [5, 5.41) is 3.26. The lowest BCUT2D eigenvalue weighted by Gasteiger charge is -2.26. The molecule has 0 radical (unpaired) electrons. The van der Waals surface area contributed by atoms with Crippen molar-refractivity contribution in [1.82, 2.24) is 14.9 Å². The number of nitrogens with zero attached hydrogens (tertiary/aromatic N) is 2. The fourth-order valence-electron chi connectivity index (χ4n) is 2.37. The molecule has 1 aliphatic heterocycles. The molecule has 1 aromatic heterocycles. The molecular weight excluding hydrogens is 240 g/mol. The minimum Gasteiger partial charge on any atom is -0.369 e. The second kappa shape index (κ2) is 6.70. The molecule has 2 heterocycles. The van der Waals surface area contributed by atoms with Gasteiger partial charge in [0.2, 0.25) is 0 Å². The number of hydrogen-bond donors (Lipinski definition) is 2. The van der Waals surface area contributed by atoms with Gasteiger partial charge in [0.05, 0.1) is 0 Å². The molecule has 19 heavy (non-hydrogen) atoms. The summed E-state index contributed by atoms with van der Waals surface area (Å²) in [4.78, 5) is 21.2. The van der Waals surface area contributed by atoms with E-state index in [-0.39, 0.29) is 11.5 Å². The molecule has 5 heteroatoms. The average molecular weight is 264 g/mol. The quantitative estimate of drug-likeness (QED) is 0.851. The highest BCUT2D eigenvalue weighted by Gasteiger charge is 2.09. The minimum absolute atomic E-state index is 0.0841. The van der Waals surface area contributed by atoms with Crippen LogP contribution in [0.2, 0.25) is 0 Å². The van der Waals surface area contributed by atoms with Crippen LogP contribution in [0.4, 0.5) is 5.82 Å². The number of anilines is 1. The van der Waals surface area contributed by atoms with Crippen LogP contribution in [0.15, 0.2) is 10.9 Å². The van der Waals surface area contributed by atoms with Crippen LogP contribution in [0.25, 0.3) is 0 Å². The van der Waals surface area contributed by atoms with Crippen molar-refractivity contribution < 1.29 is 0 Å². The Labute approximate surface area is 114 Å². The van der Waals surface area contributed by atoms with Gasteiger partial charge in [0.1, 0.15) is 11.6 Å². The Morgan fingerprint density at radius 3 is 2.79 bits per heavy atom. The number of aromatic amines is 1. The lowest BCUT2D eigenvalue weighted by atomic mass is 10.1. The molecule has 0 unspecified atom stereocenters. The van der Waals surface area contributed by atoms with Crippen molar-refractivity contribution in [2.75, 3.05) is 31.5 Å². The molecule has 5 nitrogen and oxygen atoms in total. The predicted molar refractivity (Wildman–Crippen MR) is 77.7 cm³/mol. The van der Waals surface area contributed by atoms with Gasteiger partial charge in [-0.2, -0.15) is 0 Å². The van der Waals surface area contributed by atoms with Gasteiger partial charge in [-0.15, -0.1) is 0 Å². The number of aromatic nitrogens is 2. The van der Waals surface area contributed by atoms with Crippen molar-refractivity contribution >= 4 is 5.82 Å². The summed E-state index contributed by atoms with van der Waals surface area (Å²) >= 11 is 0. The van der Waals surface area contributed by atoms with Crippen LogP contribution >= 0.6 is 0 Å². The summed E-state index contributed by atoms with van der Waals surface area (Å²) in [6.45, 7) is 8.30. The smallest absolute Gasteiger partial charge is 0.252 e. The molecule has 0 aliphatic carbocycles. The lowest BCUT2D eigenvalue weighted by molar-refractivity contribution is 0.237. The van der Waals surface area contributed by atoms with Gasteiger partial charge < -0.3 is 15.2 Å². The molecule has 0 amide bonds. The van der Waals surface area contributed by atoms with E-state index in [1.54, 1.807) is 0 Å². The Morgan fingerprint density at radius 2 is 2.11 bits per heavy atom. The van der Waals surface area contributed by atoms with E-state index in [4.69, 9.17) is 0 Å². The molecule has 0 aromatic carbocycles. The van der Waals surface area contributed by atoms with Crippen molar-refractivity contribution in [1.29, 1.82) is 0 Å². The summed E-state index contributed by atoms with van der Waals surface area (Å²) < 4.78 is 0. The first-order valence-electron chi connectivity index (χ1n) is 7.22. The third-order valence-corrected chi connectivity index (χ3v) is 3.49. The normalized spacial score (nSPS) is 16.8. The van der Waals surface area contributed by atoms with Crippen molar-refractivity contribution in [2.45, 2.75) is 39.0 Å². The summed E-state index contributed by atoms with van der Waals surface area (Å²) in [7, 11) is 0. The second-order valence-corrected chi connectivity index (χ2v) is 5.50. The van der Waals surface area contributed by atoms with Crippen molar-refractivity contribution in [3.8, 4) is 0 Å². The van der Waals surface area contributed by atoms with Gasteiger partial charge in [-0.1, -0.05) is 20.3 Å². The summed E-state index contributed by atoms with van der Waals surface area (Å²) in [6.07, 6.45) is 3.97. The van der Waals surface area contributed by atoms with E-state index in [1.807, 2.05) is 13.8 Å². The maximum Gasteiger partial charge on any atom is 0.252 e. The summed E-state index contributed by atoms with van der Waals surface area (Å²) in [6, 6.07) is 1.53. The molecule has 1 aromatic rings. The van der Waals surface area contributed by atoms with Crippen LogP contribution in [0, 0.1) is 0 Å². The van der Waals surface area contributed by atoms with Crippen molar-refractivity contribution in [3.05, 3.63) is 22.2 Å². The number of rotatable bonds is 5. The monoisotopic (exact) mass is 264 g/mol. The Kier molecular flexibility index (Phi) is 4.96. The fraction of sp³-hybridized carbons (Fsp3) is 0.714. The third-order valence-electron chi connectivity index (χ3n) is 3.49. The number of nitrogens with one attached hydrogen (secondary N) is 2. The Bertz CT molecular complexity index is 449. The number of hydrogen-bond acceptors (Lipinski definition) is 4. The van der Waals surface area contributed by atoms with E-state index >= 15 is 0 Å². The topological polar surface area (TPSA) is 61.0 Å². The number of piperidine rings is 1. The molecule has 0 bridgehead atoms. The molecule has 1 saturated heterocycles. The molecule has 0 saturated carbocycles.